The molecular formula is C12H19NO4. The first-order valence-electron chi connectivity index (χ1n) is 5.72. The highest BCUT2D eigenvalue weighted by molar-refractivity contribution is 6.02. The number of ether oxygens (including phenoxy) is 1. The Balaban J connectivity index is 2.65. The van der Waals surface area contributed by atoms with Crippen LogP contribution in [-0.2, 0) is 14.3 Å². The van der Waals surface area contributed by atoms with E-state index < -0.39 is 17.6 Å². The minimum Gasteiger partial charge on any atom is -0.444 e. The molecular weight excluding hydrogens is 222 g/mol. The van der Waals surface area contributed by atoms with E-state index in [1.807, 2.05) is 0 Å². The van der Waals surface area contributed by atoms with Crippen molar-refractivity contribution in [2.45, 2.75) is 39.7 Å². The molecule has 1 rings (SSSR count). The van der Waals surface area contributed by atoms with Crippen LogP contribution in [0.2, 0.25) is 0 Å². The summed E-state index contributed by atoms with van der Waals surface area (Å²) >= 11 is 0. The van der Waals surface area contributed by atoms with Gasteiger partial charge in [0.1, 0.15) is 17.2 Å². The minimum atomic E-state index is -0.684. The first kappa shape index (κ1) is 13.7. The molecule has 1 aliphatic rings. The lowest BCUT2D eigenvalue weighted by Gasteiger charge is -2.32. The molecule has 0 aromatic rings. The number of carbonyl (C=O) groups excluding carboxylic acids is 3. The van der Waals surface area contributed by atoms with Gasteiger partial charge in [-0.05, 0) is 27.7 Å². The van der Waals surface area contributed by atoms with Crippen molar-refractivity contribution in [1.82, 2.24) is 4.90 Å². The summed E-state index contributed by atoms with van der Waals surface area (Å²) in [6.45, 7) is 7.19. The Morgan fingerprint density at radius 3 is 2.41 bits per heavy atom. The van der Waals surface area contributed by atoms with Crippen molar-refractivity contribution in [2.24, 2.45) is 5.92 Å². The topological polar surface area (TPSA) is 63.7 Å². The molecule has 0 aliphatic carbocycles. The molecule has 1 fully saturated rings. The van der Waals surface area contributed by atoms with Crippen LogP contribution in [0.5, 0.6) is 0 Å². The standard InChI is InChI=1S/C12H19NO4/c1-8(14)9-7-13(6-5-10(9)15)11(16)17-12(2,3)4/h9H,5-7H2,1-4H3/t9-/m0/s1. The second kappa shape index (κ2) is 4.85. The quantitative estimate of drug-likeness (QED) is 0.651. The molecule has 0 spiro atoms. The molecule has 5 nitrogen and oxygen atoms in total. The molecule has 1 atom stereocenters. The number of carbonyl (C=O) groups is 3. The van der Waals surface area contributed by atoms with Gasteiger partial charge < -0.3 is 9.64 Å². The number of Topliss-reactive ketones (excluding diaryl/α,β-unsaturated/α-hetero) is 2. The van der Waals surface area contributed by atoms with Gasteiger partial charge in [-0.15, -0.1) is 0 Å². The fourth-order valence-corrected chi connectivity index (χ4v) is 1.68. The van der Waals surface area contributed by atoms with Crippen LogP contribution in [0.15, 0.2) is 0 Å². The zero-order valence-electron chi connectivity index (χ0n) is 10.8. The van der Waals surface area contributed by atoms with Crippen LogP contribution in [0, 0.1) is 5.92 Å². The summed E-state index contributed by atoms with van der Waals surface area (Å²) in [5.41, 5.74) is -0.565. The van der Waals surface area contributed by atoms with E-state index in [0.29, 0.717) is 6.54 Å². The van der Waals surface area contributed by atoms with Crippen LogP contribution >= 0.6 is 0 Å². The van der Waals surface area contributed by atoms with Gasteiger partial charge in [-0.3, -0.25) is 9.59 Å². The first-order valence-corrected chi connectivity index (χ1v) is 5.72. The molecule has 1 amide bonds. The van der Waals surface area contributed by atoms with E-state index in [0.717, 1.165) is 0 Å². The lowest BCUT2D eigenvalue weighted by Crippen LogP contribution is -2.48. The highest BCUT2D eigenvalue weighted by Gasteiger charge is 2.34. The van der Waals surface area contributed by atoms with Crippen molar-refractivity contribution < 1.29 is 19.1 Å². The summed E-state index contributed by atoms with van der Waals surface area (Å²) < 4.78 is 5.20. The van der Waals surface area contributed by atoms with Gasteiger partial charge in [-0.25, -0.2) is 4.79 Å². The van der Waals surface area contributed by atoms with E-state index >= 15 is 0 Å². The number of likely N-dealkylation sites (tertiary alicyclic amines) is 1. The van der Waals surface area contributed by atoms with Gasteiger partial charge in [0.05, 0.1) is 5.92 Å². The predicted octanol–water partition coefficient (Wildman–Crippen LogP) is 1.40. The maximum Gasteiger partial charge on any atom is 0.410 e. The molecule has 0 saturated carbocycles. The first-order chi connectivity index (χ1) is 7.70. The van der Waals surface area contributed by atoms with Crippen molar-refractivity contribution in [3.8, 4) is 0 Å². The highest BCUT2D eigenvalue weighted by Crippen LogP contribution is 2.17. The Labute approximate surface area is 101 Å². The molecule has 0 radical (unpaired) electrons. The lowest BCUT2D eigenvalue weighted by molar-refractivity contribution is -0.134. The molecule has 17 heavy (non-hydrogen) atoms. The third-order valence-corrected chi connectivity index (χ3v) is 2.56. The number of piperidine rings is 1. The average molecular weight is 241 g/mol. The summed E-state index contributed by atoms with van der Waals surface area (Å²) in [5.74, 6) is -0.961. The van der Waals surface area contributed by atoms with E-state index in [4.69, 9.17) is 4.74 Å². The second-order valence-corrected chi connectivity index (χ2v) is 5.31. The molecule has 1 saturated heterocycles. The van der Waals surface area contributed by atoms with Gasteiger partial charge in [0.25, 0.3) is 0 Å². The van der Waals surface area contributed by atoms with Crippen LogP contribution in [0.3, 0.4) is 0 Å². The predicted molar refractivity (Wildman–Crippen MR) is 61.6 cm³/mol. The summed E-state index contributed by atoms with van der Waals surface area (Å²) in [4.78, 5) is 36.0. The molecule has 0 unspecified atom stereocenters. The van der Waals surface area contributed by atoms with Crippen molar-refractivity contribution in [3.63, 3.8) is 0 Å². The number of nitrogens with zero attached hydrogens (tertiary/aromatic N) is 1. The molecule has 5 heteroatoms. The maximum absolute atomic E-state index is 11.8. The molecule has 1 aliphatic heterocycles. The summed E-state index contributed by atoms with van der Waals surface area (Å²) in [6, 6.07) is 0. The molecule has 96 valence electrons. The monoisotopic (exact) mass is 241 g/mol. The van der Waals surface area contributed by atoms with Gasteiger partial charge in [0, 0.05) is 19.5 Å². The highest BCUT2D eigenvalue weighted by atomic mass is 16.6. The van der Waals surface area contributed by atoms with E-state index in [1.165, 1.54) is 11.8 Å². The molecule has 0 N–H and O–H groups in total. The zero-order chi connectivity index (χ0) is 13.2. The fraction of sp³-hybridized carbons (Fsp3) is 0.750. The van der Waals surface area contributed by atoms with Crippen molar-refractivity contribution >= 4 is 17.7 Å². The third kappa shape index (κ3) is 3.84. The molecule has 0 bridgehead atoms. The van der Waals surface area contributed by atoms with Crippen LogP contribution in [0.4, 0.5) is 4.79 Å². The number of amides is 1. The summed E-state index contributed by atoms with van der Waals surface area (Å²) in [7, 11) is 0. The van der Waals surface area contributed by atoms with Gasteiger partial charge in [0.15, 0.2) is 0 Å². The van der Waals surface area contributed by atoms with Gasteiger partial charge in [0.2, 0.25) is 0 Å². The largest absolute Gasteiger partial charge is 0.444 e. The SMILES string of the molecule is CC(=O)[C@@H]1CN(C(=O)OC(C)(C)C)CCC1=O. The number of ketones is 2. The molecule has 0 aromatic heterocycles. The van der Waals surface area contributed by atoms with E-state index in [2.05, 4.69) is 0 Å². The number of hydrogen-bond acceptors (Lipinski definition) is 4. The number of hydrogen-bond donors (Lipinski definition) is 0. The minimum absolute atomic E-state index is 0.0858. The van der Waals surface area contributed by atoms with E-state index in [9.17, 15) is 14.4 Å². The zero-order valence-corrected chi connectivity index (χ0v) is 10.8. The van der Waals surface area contributed by atoms with Gasteiger partial charge in [-0.2, -0.15) is 0 Å². The Morgan fingerprint density at radius 1 is 1.35 bits per heavy atom. The fourth-order valence-electron chi connectivity index (χ4n) is 1.68. The van der Waals surface area contributed by atoms with Crippen molar-refractivity contribution in [1.29, 1.82) is 0 Å². The Kier molecular flexibility index (Phi) is 3.91. The Morgan fingerprint density at radius 2 is 1.94 bits per heavy atom. The van der Waals surface area contributed by atoms with Crippen molar-refractivity contribution in [3.05, 3.63) is 0 Å². The smallest absolute Gasteiger partial charge is 0.410 e. The molecule has 1 heterocycles. The second-order valence-electron chi connectivity index (χ2n) is 5.31. The summed E-state index contributed by atoms with van der Waals surface area (Å²) in [6.07, 6.45) is -0.236. The van der Waals surface area contributed by atoms with Crippen LogP contribution in [0.25, 0.3) is 0 Å². The number of rotatable bonds is 1. The van der Waals surface area contributed by atoms with Crippen LogP contribution < -0.4 is 0 Å². The van der Waals surface area contributed by atoms with Crippen LogP contribution in [-0.4, -0.2) is 41.3 Å². The van der Waals surface area contributed by atoms with Crippen LogP contribution in [0.1, 0.15) is 34.1 Å². The van der Waals surface area contributed by atoms with Gasteiger partial charge in [-0.1, -0.05) is 0 Å². The maximum atomic E-state index is 11.8. The van der Waals surface area contributed by atoms with E-state index in [1.54, 1.807) is 20.8 Å². The average Bonchev–Trinajstić information content (AvgIpc) is 2.14. The summed E-state index contributed by atoms with van der Waals surface area (Å²) in [5, 5.41) is 0. The van der Waals surface area contributed by atoms with Crippen molar-refractivity contribution in [2.75, 3.05) is 13.1 Å². The molecule has 0 aromatic carbocycles. The Bertz CT molecular complexity index is 343. The van der Waals surface area contributed by atoms with E-state index in [-0.39, 0.29) is 24.5 Å². The Hall–Kier alpha value is -1.39. The van der Waals surface area contributed by atoms with Gasteiger partial charge >= 0.3 is 6.09 Å². The normalized spacial score (nSPS) is 21.3. The third-order valence-electron chi connectivity index (χ3n) is 2.56. The lowest BCUT2D eigenvalue weighted by atomic mass is 9.93.